The van der Waals surface area contributed by atoms with Crippen molar-refractivity contribution >= 4 is 50.4 Å². The molecule has 8 heteroatoms. The minimum absolute atomic E-state index is 0.0866. The molecule has 0 saturated heterocycles. The molecule has 2 heterocycles. The number of ketones is 1. The third-order valence-electron chi connectivity index (χ3n) is 4.74. The number of carbonyl (C=O) groups is 2. The van der Waals surface area contributed by atoms with E-state index in [1.807, 2.05) is 12.1 Å². The van der Waals surface area contributed by atoms with Crippen LogP contribution in [0.1, 0.15) is 10.5 Å². The van der Waals surface area contributed by atoms with Crippen LogP contribution < -0.4 is 10.1 Å². The van der Waals surface area contributed by atoms with Crippen molar-refractivity contribution in [1.29, 1.82) is 0 Å². The van der Waals surface area contributed by atoms with Crippen molar-refractivity contribution in [3.05, 3.63) is 87.9 Å². The van der Waals surface area contributed by atoms with E-state index in [1.165, 1.54) is 19.2 Å². The van der Waals surface area contributed by atoms with Crippen LogP contribution in [0, 0.1) is 5.82 Å². The second-order valence-corrected chi connectivity index (χ2v) is 7.98. The molecule has 0 radical (unpaired) electrons. The van der Waals surface area contributed by atoms with E-state index in [2.05, 4.69) is 21.2 Å². The molecule has 31 heavy (non-hydrogen) atoms. The lowest BCUT2D eigenvalue weighted by Crippen LogP contribution is -2.25. The number of anilines is 1. The molecule has 0 saturated carbocycles. The Bertz CT molecular complexity index is 1340. The number of benzene rings is 2. The summed E-state index contributed by atoms with van der Waals surface area (Å²) in [4.78, 5) is 25.9. The van der Waals surface area contributed by atoms with Crippen molar-refractivity contribution in [1.82, 2.24) is 4.40 Å². The number of halogens is 3. The number of hydrogen-bond donors (Lipinski definition) is 1. The molecule has 4 aromatic rings. The molecule has 0 aliphatic rings. The number of rotatable bonds is 5. The molecule has 1 N–H and O–H groups in total. The Morgan fingerprint density at radius 1 is 1.10 bits per heavy atom. The van der Waals surface area contributed by atoms with Crippen molar-refractivity contribution in [2.75, 3.05) is 12.4 Å². The van der Waals surface area contributed by atoms with E-state index in [0.29, 0.717) is 26.4 Å². The lowest BCUT2D eigenvalue weighted by molar-refractivity contribution is -0.112. The highest BCUT2D eigenvalue weighted by atomic mass is 79.9. The Morgan fingerprint density at radius 3 is 2.61 bits per heavy atom. The first-order valence-electron chi connectivity index (χ1n) is 9.14. The van der Waals surface area contributed by atoms with Gasteiger partial charge in [0.15, 0.2) is 0 Å². The fourth-order valence-electron chi connectivity index (χ4n) is 3.29. The first kappa shape index (κ1) is 21.1. The van der Waals surface area contributed by atoms with Crippen molar-refractivity contribution in [3.8, 4) is 16.9 Å². The second-order valence-electron chi connectivity index (χ2n) is 6.66. The average molecular weight is 502 g/mol. The SMILES string of the molecule is COc1ccc(-c2cc3ccccn3c2C(=O)C(=O)Nc2ccc(Br)cc2F)cc1Cl. The first-order chi connectivity index (χ1) is 14.9. The van der Waals surface area contributed by atoms with Crippen LogP contribution in [-0.2, 0) is 4.79 Å². The molecular formula is C23H15BrClFN2O3. The van der Waals surface area contributed by atoms with Crippen LogP contribution in [0.2, 0.25) is 5.02 Å². The molecule has 0 aliphatic heterocycles. The highest BCUT2D eigenvalue weighted by molar-refractivity contribution is 9.10. The minimum Gasteiger partial charge on any atom is -0.495 e. The molecule has 0 atom stereocenters. The molecule has 2 aromatic carbocycles. The third kappa shape index (κ3) is 4.06. The lowest BCUT2D eigenvalue weighted by atomic mass is 10.0. The predicted molar refractivity (Wildman–Crippen MR) is 121 cm³/mol. The number of nitrogens with one attached hydrogen (secondary N) is 1. The number of fused-ring (bicyclic) bond motifs is 1. The predicted octanol–water partition coefficient (Wildman–Crippen LogP) is 5.99. The van der Waals surface area contributed by atoms with E-state index in [0.717, 1.165) is 5.52 Å². The van der Waals surface area contributed by atoms with Gasteiger partial charge in [-0.15, -0.1) is 0 Å². The van der Waals surface area contributed by atoms with Gasteiger partial charge in [-0.25, -0.2) is 4.39 Å². The summed E-state index contributed by atoms with van der Waals surface area (Å²) in [6.07, 6.45) is 1.69. The van der Waals surface area contributed by atoms with Gasteiger partial charge in [0.25, 0.3) is 11.7 Å². The minimum atomic E-state index is -0.953. The van der Waals surface area contributed by atoms with E-state index in [4.69, 9.17) is 16.3 Å². The Balaban J connectivity index is 1.79. The standard InChI is InChI=1S/C23H15BrClFN2O3/c1-31-20-8-5-13(10-17(20)25)16-12-15-4-2-3-9-28(15)21(16)22(29)23(30)27-19-7-6-14(24)11-18(19)26/h2-12H,1H3,(H,27,30). The monoisotopic (exact) mass is 500 g/mol. The van der Waals surface area contributed by atoms with E-state index in [9.17, 15) is 14.0 Å². The van der Waals surface area contributed by atoms with E-state index in [1.54, 1.807) is 47.0 Å². The number of aromatic nitrogens is 1. The highest BCUT2D eigenvalue weighted by Gasteiger charge is 2.25. The Labute approximate surface area is 190 Å². The molecule has 0 spiro atoms. The second kappa shape index (κ2) is 8.53. The van der Waals surface area contributed by atoms with Crippen LogP contribution in [0.4, 0.5) is 10.1 Å². The van der Waals surface area contributed by atoms with Crippen molar-refractivity contribution in [2.45, 2.75) is 0 Å². The van der Waals surface area contributed by atoms with Gasteiger partial charge >= 0.3 is 0 Å². The zero-order valence-electron chi connectivity index (χ0n) is 16.2. The summed E-state index contributed by atoms with van der Waals surface area (Å²) in [5.41, 5.74) is 1.94. The number of nitrogens with zero attached hydrogens (tertiary/aromatic N) is 1. The fraction of sp³-hybridized carbons (Fsp3) is 0.0435. The summed E-state index contributed by atoms with van der Waals surface area (Å²) in [7, 11) is 1.51. The molecule has 5 nitrogen and oxygen atoms in total. The smallest absolute Gasteiger partial charge is 0.298 e. The van der Waals surface area contributed by atoms with Gasteiger partial charge < -0.3 is 14.5 Å². The summed E-state index contributed by atoms with van der Waals surface area (Å²) in [6.45, 7) is 0. The van der Waals surface area contributed by atoms with Gasteiger partial charge in [0, 0.05) is 21.7 Å². The topological polar surface area (TPSA) is 59.8 Å². The average Bonchev–Trinajstić information content (AvgIpc) is 3.14. The third-order valence-corrected chi connectivity index (χ3v) is 5.53. The maximum atomic E-state index is 14.1. The number of carbonyl (C=O) groups excluding carboxylic acids is 2. The quantitative estimate of drug-likeness (QED) is 0.270. The fourth-order valence-corrected chi connectivity index (χ4v) is 3.88. The highest BCUT2D eigenvalue weighted by Crippen LogP contribution is 2.34. The molecule has 156 valence electrons. The Kier molecular flexibility index (Phi) is 5.80. The van der Waals surface area contributed by atoms with Gasteiger partial charge in [0.05, 0.1) is 17.8 Å². The maximum absolute atomic E-state index is 14.1. The largest absolute Gasteiger partial charge is 0.495 e. The van der Waals surface area contributed by atoms with Gasteiger partial charge in [-0.3, -0.25) is 9.59 Å². The van der Waals surface area contributed by atoms with Gasteiger partial charge in [-0.2, -0.15) is 0 Å². The van der Waals surface area contributed by atoms with Crippen LogP contribution in [0.15, 0.2) is 71.3 Å². The van der Waals surface area contributed by atoms with Crippen LogP contribution in [-0.4, -0.2) is 23.2 Å². The Hall–Kier alpha value is -3.16. The van der Waals surface area contributed by atoms with E-state index >= 15 is 0 Å². The van der Waals surface area contributed by atoms with Gasteiger partial charge in [-0.05, 0) is 54.1 Å². The number of pyridine rings is 1. The van der Waals surface area contributed by atoms with Crippen molar-refractivity contribution in [2.24, 2.45) is 0 Å². The summed E-state index contributed by atoms with van der Waals surface area (Å²) in [6, 6.07) is 16.4. The van der Waals surface area contributed by atoms with Crippen LogP contribution in [0.25, 0.3) is 16.6 Å². The van der Waals surface area contributed by atoms with Gasteiger partial charge in [-0.1, -0.05) is 39.7 Å². The summed E-state index contributed by atoms with van der Waals surface area (Å²) >= 11 is 9.43. The number of Topliss-reactive ketones (excluding diaryl/α,β-unsaturated/α-hetero) is 1. The number of hydrogen-bond acceptors (Lipinski definition) is 3. The molecule has 2 aromatic heterocycles. The molecule has 4 rings (SSSR count). The van der Waals surface area contributed by atoms with Crippen LogP contribution in [0.5, 0.6) is 5.75 Å². The molecule has 0 unspecified atom stereocenters. The van der Waals surface area contributed by atoms with Crippen LogP contribution in [0.3, 0.4) is 0 Å². The number of ether oxygens (including phenoxy) is 1. The zero-order valence-corrected chi connectivity index (χ0v) is 18.5. The molecule has 0 aliphatic carbocycles. The molecular weight excluding hydrogens is 487 g/mol. The summed E-state index contributed by atoms with van der Waals surface area (Å²) < 4.78 is 21.5. The van der Waals surface area contributed by atoms with Gasteiger partial charge in [0.1, 0.15) is 17.3 Å². The van der Waals surface area contributed by atoms with Crippen molar-refractivity contribution in [3.63, 3.8) is 0 Å². The van der Waals surface area contributed by atoms with Crippen molar-refractivity contribution < 1.29 is 18.7 Å². The van der Waals surface area contributed by atoms with Gasteiger partial charge in [0.2, 0.25) is 0 Å². The normalized spacial score (nSPS) is 10.8. The van der Waals surface area contributed by atoms with E-state index < -0.39 is 17.5 Å². The number of methoxy groups -OCH3 is 1. The zero-order chi connectivity index (χ0) is 22.1. The van der Waals surface area contributed by atoms with E-state index in [-0.39, 0.29) is 11.4 Å². The number of amides is 1. The molecule has 1 amide bonds. The maximum Gasteiger partial charge on any atom is 0.298 e. The van der Waals surface area contributed by atoms with Crippen LogP contribution >= 0.6 is 27.5 Å². The Morgan fingerprint density at radius 2 is 1.90 bits per heavy atom. The summed E-state index contributed by atoms with van der Waals surface area (Å²) in [5.74, 6) is -1.93. The lowest BCUT2D eigenvalue weighted by Gasteiger charge is -2.10. The molecule has 0 bridgehead atoms. The molecule has 0 fully saturated rings. The first-order valence-corrected chi connectivity index (χ1v) is 10.3. The summed E-state index contributed by atoms with van der Waals surface area (Å²) in [5, 5.41) is 2.73.